The van der Waals surface area contributed by atoms with Crippen molar-refractivity contribution in [3.63, 3.8) is 0 Å². The van der Waals surface area contributed by atoms with Gasteiger partial charge in [0, 0.05) is 18.2 Å². The molecule has 0 bridgehead atoms. The van der Waals surface area contributed by atoms with E-state index in [9.17, 15) is 18.8 Å². The van der Waals surface area contributed by atoms with Crippen molar-refractivity contribution in [2.45, 2.75) is 66.5 Å². The molecule has 0 fully saturated rings. The van der Waals surface area contributed by atoms with Crippen LogP contribution in [0.5, 0.6) is 11.5 Å². The van der Waals surface area contributed by atoms with E-state index < -0.39 is 36.8 Å². The lowest BCUT2D eigenvalue weighted by Crippen LogP contribution is -2.42. The summed E-state index contributed by atoms with van der Waals surface area (Å²) < 4.78 is 35.1. The molecule has 10 heteroatoms. The average molecular weight is 533 g/mol. The van der Waals surface area contributed by atoms with Crippen LogP contribution in [0.3, 0.4) is 0 Å². The van der Waals surface area contributed by atoms with Gasteiger partial charge in [0.2, 0.25) is 6.79 Å². The minimum atomic E-state index is -1.02. The SMILES string of the molecule is COc1ccnc(C(=O)N[C@@H](C)C(=O)OC(C)[C@H](c2ccc(F)cc2C)C(C)C)c1OCOC(=O)C(C)C. The average Bonchev–Trinajstić information content (AvgIpc) is 2.84. The summed E-state index contributed by atoms with van der Waals surface area (Å²) >= 11 is 0. The zero-order valence-electron chi connectivity index (χ0n) is 23.2. The number of carbonyl (C=O) groups excluding carboxylic acids is 3. The van der Waals surface area contributed by atoms with Gasteiger partial charge in [0.25, 0.3) is 5.91 Å². The standard InChI is InChI=1S/C28H37FN2O7/c1-15(2)23(21-10-9-20(29)13-17(21)5)19(7)38-28(34)18(6)31-26(32)24-25(22(35-8)11-12-30-24)36-14-37-27(33)16(3)4/h9-13,15-16,18-19,23H,14H2,1-8H3,(H,31,32)/t18-,19?,23+/m0/s1. The van der Waals surface area contributed by atoms with Gasteiger partial charge in [-0.15, -0.1) is 0 Å². The Bertz CT molecular complexity index is 1140. The second-order valence-electron chi connectivity index (χ2n) is 9.68. The lowest BCUT2D eigenvalue weighted by Gasteiger charge is -2.30. The fourth-order valence-corrected chi connectivity index (χ4v) is 4.06. The number of nitrogens with one attached hydrogen (secondary N) is 1. The second-order valence-corrected chi connectivity index (χ2v) is 9.68. The monoisotopic (exact) mass is 532 g/mol. The zero-order chi connectivity index (χ0) is 28.6. The molecule has 0 aliphatic carbocycles. The molecule has 1 amide bonds. The summed E-state index contributed by atoms with van der Waals surface area (Å²) in [6.45, 7) is 12.0. The Morgan fingerprint density at radius 1 is 1.03 bits per heavy atom. The normalized spacial score (nSPS) is 13.4. The molecule has 0 aliphatic heterocycles. The second kappa shape index (κ2) is 13.7. The Hall–Kier alpha value is -3.69. The first-order chi connectivity index (χ1) is 17.9. The van der Waals surface area contributed by atoms with Gasteiger partial charge in [-0.3, -0.25) is 9.59 Å². The van der Waals surface area contributed by atoms with Gasteiger partial charge in [0.15, 0.2) is 17.2 Å². The third-order valence-corrected chi connectivity index (χ3v) is 6.00. The molecule has 3 atom stereocenters. The number of nitrogens with zero attached hydrogens (tertiary/aromatic N) is 1. The Morgan fingerprint density at radius 3 is 2.29 bits per heavy atom. The van der Waals surface area contributed by atoms with Crippen molar-refractivity contribution in [2.24, 2.45) is 11.8 Å². The molecule has 2 rings (SSSR count). The molecule has 1 heterocycles. The van der Waals surface area contributed by atoms with Gasteiger partial charge >= 0.3 is 11.9 Å². The fourth-order valence-electron chi connectivity index (χ4n) is 4.06. The molecule has 0 saturated heterocycles. The first-order valence-electron chi connectivity index (χ1n) is 12.5. The number of ether oxygens (including phenoxy) is 4. The van der Waals surface area contributed by atoms with E-state index in [1.54, 1.807) is 26.8 Å². The van der Waals surface area contributed by atoms with Crippen LogP contribution in [0.25, 0.3) is 0 Å². The Balaban J connectivity index is 2.13. The van der Waals surface area contributed by atoms with E-state index in [0.717, 1.165) is 11.1 Å². The number of aryl methyl sites for hydroxylation is 1. The number of rotatable bonds is 12. The van der Waals surface area contributed by atoms with E-state index in [2.05, 4.69) is 10.3 Å². The van der Waals surface area contributed by atoms with Crippen LogP contribution in [0.15, 0.2) is 30.5 Å². The lowest BCUT2D eigenvalue weighted by molar-refractivity contribution is -0.154. The number of pyridine rings is 1. The third kappa shape index (κ3) is 7.90. The van der Waals surface area contributed by atoms with Crippen molar-refractivity contribution in [3.8, 4) is 11.5 Å². The molecular weight excluding hydrogens is 495 g/mol. The molecule has 2 aromatic rings. The summed E-state index contributed by atoms with van der Waals surface area (Å²) in [6.07, 6.45) is 0.805. The van der Waals surface area contributed by atoms with Crippen molar-refractivity contribution in [1.29, 1.82) is 0 Å². The molecule has 208 valence electrons. The molecule has 0 radical (unpaired) electrons. The van der Waals surface area contributed by atoms with Gasteiger partial charge in [0.05, 0.1) is 13.0 Å². The number of aromatic nitrogens is 1. The summed E-state index contributed by atoms with van der Waals surface area (Å²) in [6, 6.07) is 5.01. The maximum absolute atomic E-state index is 13.6. The van der Waals surface area contributed by atoms with E-state index in [4.69, 9.17) is 18.9 Å². The molecule has 0 spiro atoms. The predicted octanol–water partition coefficient (Wildman–Crippen LogP) is 4.56. The summed E-state index contributed by atoms with van der Waals surface area (Å²) in [5.41, 5.74) is 1.50. The van der Waals surface area contributed by atoms with Crippen LogP contribution in [-0.2, 0) is 19.1 Å². The molecule has 1 aromatic carbocycles. The summed E-state index contributed by atoms with van der Waals surface area (Å²) in [5.74, 6) is -2.44. The molecule has 9 nitrogen and oxygen atoms in total. The smallest absolute Gasteiger partial charge is 0.328 e. The van der Waals surface area contributed by atoms with E-state index in [1.807, 2.05) is 20.8 Å². The van der Waals surface area contributed by atoms with Crippen molar-refractivity contribution in [3.05, 3.63) is 53.1 Å². The lowest BCUT2D eigenvalue weighted by atomic mass is 9.82. The topological polar surface area (TPSA) is 113 Å². The van der Waals surface area contributed by atoms with Gasteiger partial charge in [-0.05, 0) is 49.9 Å². The van der Waals surface area contributed by atoms with E-state index >= 15 is 0 Å². The predicted molar refractivity (Wildman–Crippen MR) is 138 cm³/mol. The maximum atomic E-state index is 13.6. The molecule has 0 saturated carbocycles. The minimum Gasteiger partial charge on any atom is -0.493 e. The third-order valence-electron chi connectivity index (χ3n) is 6.00. The summed E-state index contributed by atoms with van der Waals surface area (Å²) in [4.78, 5) is 41.7. The van der Waals surface area contributed by atoms with Gasteiger partial charge < -0.3 is 24.3 Å². The zero-order valence-corrected chi connectivity index (χ0v) is 23.2. The van der Waals surface area contributed by atoms with E-state index in [-0.39, 0.29) is 40.8 Å². The van der Waals surface area contributed by atoms with Crippen LogP contribution >= 0.6 is 0 Å². The number of methoxy groups -OCH3 is 1. The number of hydrogen-bond donors (Lipinski definition) is 1. The van der Waals surface area contributed by atoms with Gasteiger partial charge in [-0.2, -0.15) is 0 Å². The summed E-state index contributed by atoms with van der Waals surface area (Å²) in [5, 5.41) is 2.57. The number of halogens is 1. The highest BCUT2D eigenvalue weighted by Crippen LogP contribution is 2.33. The molecule has 0 aliphatic rings. The highest BCUT2D eigenvalue weighted by Gasteiger charge is 2.30. The fraction of sp³-hybridized carbons (Fsp3) is 0.500. The molecule has 1 N–H and O–H groups in total. The van der Waals surface area contributed by atoms with Crippen molar-refractivity contribution in [1.82, 2.24) is 10.3 Å². The summed E-state index contributed by atoms with van der Waals surface area (Å²) in [7, 11) is 1.39. The number of carbonyl (C=O) groups is 3. The Labute approximate surface area is 223 Å². The van der Waals surface area contributed by atoms with Crippen LogP contribution in [0.4, 0.5) is 4.39 Å². The van der Waals surface area contributed by atoms with Crippen molar-refractivity contribution >= 4 is 17.8 Å². The number of esters is 2. The van der Waals surface area contributed by atoms with Crippen LogP contribution in [0.1, 0.15) is 69.1 Å². The van der Waals surface area contributed by atoms with Crippen molar-refractivity contribution in [2.75, 3.05) is 13.9 Å². The first-order valence-corrected chi connectivity index (χ1v) is 12.5. The van der Waals surface area contributed by atoms with Crippen molar-refractivity contribution < 1.29 is 37.7 Å². The number of benzene rings is 1. The number of amides is 1. The minimum absolute atomic E-state index is 0.0374. The highest BCUT2D eigenvalue weighted by molar-refractivity contribution is 5.98. The first kappa shape index (κ1) is 30.5. The Morgan fingerprint density at radius 2 is 1.71 bits per heavy atom. The van der Waals surface area contributed by atoms with Crippen LogP contribution in [0.2, 0.25) is 0 Å². The van der Waals surface area contributed by atoms with Gasteiger partial charge in [0.1, 0.15) is 18.0 Å². The quantitative estimate of drug-likeness (QED) is 0.313. The Kier molecular flexibility index (Phi) is 11.0. The molecule has 1 unspecified atom stereocenters. The number of hydrogen-bond acceptors (Lipinski definition) is 8. The largest absolute Gasteiger partial charge is 0.493 e. The maximum Gasteiger partial charge on any atom is 0.328 e. The molecule has 38 heavy (non-hydrogen) atoms. The molecule has 1 aromatic heterocycles. The van der Waals surface area contributed by atoms with Gasteiger partial charge in [-0.1, -0.05) is 33.8 Å². The van der Waals surface area contributed by atoms with Crippen LogP contribution in [0, 0.1) is 24.6 Å². The van der Waals surface area contributed by atoms with Crippen LogP contribution in [-0.4, -0.2) is 48.9 Å². The molecular formula is C28H37FN2O7. The van der Waals surface area contributed by atoms with Crippen LogP contribution < -0.4 is 14.8 Å². The van der Waals surface area contributed by atoms with Gasteiger partial charge in [-0.25, -0.2) is 14.2 Å². The van der Waals surface area contributed by atoms with E-state index in [1.165, 1.54) is 38.4 Å². The van der Waals surface area contributed by atoms with E-state index in [0.29, 0.717) is 0 Å². The highest BCUT2D eigenvalue weighted by atomic mass is 19.1.